The average molecular weight is 328 g/mol. The molecular formula is C18H37N3O2. The highest BCUT2D eigenvalue weighted by atomic mass is 16.5. The Morgan fingerprint density at radius 2 is 1.96 bits per heavy atom. The zero-order chi connectivity index (χ0) is 17.1. The molecule has 5 heteroatoms. The van der Waals surface area contributed by atoms with Gasteiger partial charge in [0.05, 0.1) is 6.10 Å². The highest BCUT2D eigenvalue weighted by molar-refractivity contribution is 5.80. The number of ether oxygens (including phenoxy) is 2. The molecule has 0 aliphatic heterocycles. The van der Waals surface area contributed by atoms with Crippen LogP contribution in [0, 0.1) is 5.41 Å². The van der Waals surface area contributed by atoms with E-state index >= 15 is 0 Å². The summed E-state index contributed by atoms with van der Waals surface area (Å²) in [6.07, 6.45) is 5.93. The van der Waals surface area contributed by atoms with Crippen LogP contribution in [0.2, 0.25) is 0 Å². The first-order valence-electron chi connectivity index (χ1n) is 9.22. The minimum atomic E-state index is 0.153. The monoisotopic (exact) mass is 327 g/mol. The molecular weight excluding hydrogens is 290 g/mol. The highest BCUT2D eigenvalue weighted by Gasteiger charge is 2.49. The third-order valence-corrected chi connectivity index (χ3v) is 4.74. The van der Waals surface area contributed by atoms with Crippen molar-refractivity contribution in [3.63, 3.8) is 0 Å². The van der Waals surface area contributed by atoms with E-state index in [-0.39, 0.29) is 5.41 Å². The predicted octanol–water partition coefficient (Wildman–Crippen LogP) is 2.95. The lowest BCUT2D eigenvalue weighted by Crippen LogP contribution is -2.63. The Balaban J connectivity index is 2.23. The van der Waals surface area contributed by atoms with Gasteiger partial charge in [0, 0.05) is 44.9 Å². The number of hydrogen-bond donors (Lipinski definition) is 2. The molecule has 2 unspecified atom stereocenters. The average Bonchev–Trinajstić information content (AvgIpc) is 2.54. The summed E-state index contributed by atoms with van der Waals surface area (Å²) in [7, 11) is 1.83. The van der Waals surface area contributed by atoms with Crippen molar-refractivity contribution in [1.82, 2.24) is 10.6 Å². The summed E-state index contributed by atoms with van der Waals surface area (Å²) in [5.41, 5.74) is 0.153. The third-order valence-electron chi connectivity index (χ3n) is 4.74. The fraction of sp³-hybridized carbons (Fsp3) is 0.944. The summed E-state index contributed by atoms with van der Waals surface area (Å²) in [6, 6.07) is 0.420. The van der Waals surface area contributed by atoms with Gasteiger partial charge in [-0.15, -0.1) is 0 Å². The van der Waals surface area contributed by atoms with Gasteiger partial charge >= 0.3 is 0 Å². The molecule has 23 heavy (non-hydrogen) atoms. The number of nitrogens with one attached hydrogen (secondary N) is 2. The van der Waals surface area contributed by atoms with Crippen LogP contribution in [-0.4, -0.2) is 51.5 Å². The second-order valence-electron chi connectivity index (χ2n) is 6.87. The van der Waals surface area contributed by atoms with Gasteiger partial charge in [-0.1, -0.05) is 27.2 Å². The summed E-state index contributed by atoms with van der Waals surface area (Å²) in [5.74, 6) is 0.895. The molecule has 136 valence electrons. The third kappa shape index (κ3) is 6.68. The quantitative estimate of drug-likeness (QED) is 0.348. The van der Waals surface area contributed by atoms with Crippen molar-refractivity contribution < 1.29 is 9.47 Å². The molecule has 0 aromatic heterocycles. The van der Waals surface area contributed by atoms with E-state index in [2.05, 4.69) is 36.4 Å². The Morgan fingerprint density at radius 3 is 2.57 bits per heavy atom. The van der Waals surface area contributed by atoms with Crippen LogP contribution in [0.25, 0.3) is 0 Å². The Morgan fingerprint density at radius 1 is 1.17 bits per heavy atom. The summed E-state index contributed by atoms with van der Waals surface area (Å²) in [5, 5.41) is 6.94. The van der Waals surface area contributed by atoms with E-state index in [1.807, 2.05) is 14.0 Å². The first-order valence-corrected chi connectivity index (χ1v) is 9.22. The zero-order valence-electron chi connectivity index (χ0n) is 15.8. The maximum absolute atomic E-state index is 6.00. The minimum Gasteiger partial charge on any atom is -0.382 e. The second-order valence-corrected chi connectivity index (χ2v) is 6.87. The number of guanidine groups is 1. The molecule has 0 radical (unpaired) electrons. The SMILES string of the molecule is CCCCOC1CC(NC(=NC)NCCCCOCC)C1(C)C. The smallest absolute Gasteiger partial charge is 0.191 e. The van der Waals surface area contributed by atoms with Crippen LogP contribution in [0.5, 0.6) is 0 Å². The molecule has 0 amide bonds. The van der Waals surface area contributed by atoms with E-state index in [4.69, 9.17) is 9.47 Å². The number of aliphatic imine (C=N–C) groups is 1. The van der Waals surface area contributed by atoms with Crippen molar-refractivity contribution in [3.8, 4) is 0 Å². The number of rotatable bonds is 11. The largest absolute Gasteiger partial charge is 0.382 e. The van der Waals surface area contributed by atoms with Crippen molar-refractivity contribution >= 4 is 5.96 Å². The van der Waals surface area contributed by atoms with Gasteiger partial charge in [-0.05, 0) is 32.6 Å². The molecule has 1 rings (SSSR count). The lowest BCUT2D eigenvalue weighted by Gasteiger charge is -2.52. The number of nitrogens with zero attached hydrogens (tertiary/aromatic N) is 1. The topological polar surface area (TPSA) is 54.9 Å². The van der Waals surface area contributed by atoms with Crippen LogP contribution in [0.4, 0.5) is 0 Å². The summed E-state index contributed by atoms with van der Waals surface area (Å²) in [4.78, 5) is 4.33. The van der Waals surface area contributed by atoms with E-state index in [9.17, 15) is 0 Å². The molecule has 2 atom stereocenters. The van der Waals surface area contributed by atoms with Crippen LogP contribution >= 0.6 is 0 Å². The Labute approximate surface area is 142 Å². The normalized spacial score (nSPS) is 23.4. The fourth-order valence-corrected chi connectivity index (χ4v) is 2.82. The standard InChI is InChI=1S/C18H37N3O2/c1-6-8-13-23-16-14-15(18(16,3)4)21-17(19-5)20-11-9-10-12-22-7-2/h15-16H,6-14H2,1-5H3,(H2,19,20,21). The van der Waals surface area contributed by atoms with Gasteiger partial charge in [0.25, 0.3) is 0 Å². The molecule has 0 spiro atoms. The van der Waals surface area contributed by atoms with Gasteiger partial charge in [0.15, 0.2) is 5.96 Å². The predicted molar refractivity (Wildman–Crippen MR) is 97.1 cm³/mol. The highest BCUT2D eigenvalue weighted by Crippen LogP contribution is 2.42. The first kappa shape index (κ1) is 20.2. The molecule has 1 fully saturated rings. The summed E-state index contributed by atoms with van der Waals surface area (Å²) >= 11 is 0. The summed E-state index contributed by atoms with van der Waals surface area (Å²) < 4.78 is 11.4. The molecule has 5 nitrogen and oxygen atoms in total. The van der Waals surface area contributed by atoms with Gasteiger partial charge < -0.3 is 20.1 Å². The van der Waals surface area contributed by atoms with Crippen molar-refractivity contribution in [2.24, 2.45) is 10.4 Å². The lowest BCUT2D eigenvalue weighted by atomic mass is 9.64. The van der Waals surface area contributed by atoms with Crippen LogP contribution in [0.3, 0.4) is 0 Å². The maximum Gasteiger partial charge on any atom is 0.191 e. The van der Waals surface area contributed by atoms with Crippen molar-refractivity contribution in [1.29, 1.82) is 0 Å². The first-order chi connectivity index (χ1) is 11.1. The minimum absolute atomic E-state index is 0.153. The van der Waals surface area contributed by atoms with Gasteiger partial charge in [0.1, 0.15) is 0 Å². The van der Waals surface area contributed by atoms with E-state index in [1.165, 1.54) is 6.42 Å². The van der Waals surface area contributed by atoms with Crippen LogP contribution in [0.15, 0.2) is 4.99 Å². The number of unbranched alkanes of at least 4 members (excludes halogenated alkanes) is 2. The van der Waals surface area contributed by atoms with E-state index in [0.717, 1.165) is 58.0 Å². The summed E-state index contributed by atoms with van der Waals surface area (Å²) in [6.45, 7) is 12.2. The Hall–Kier alpha value is -0.810. The molecule has 0 aromatic rings. The van der Waals surface area contributed by atoms with Gasteiger partial charge in [-0.25, -0.2) is 0 Å². The number of hydrogen-bond acceptors (Lipinski definition) is 3. The van der Waals surface area contributed by atoms with E-state index in [1.54, 1.807) is 0 Å². The Bertz CT molecular complexity index is 345. The van der Waals surface area contributed by atoms with Gasteiger partial charge in [0.2, 0.25) is 0 Å². The molecule has 0 aromatic carbocycles. The van der Waals surface area contributed by atoms with Crippen LogP contribution in [-0.2, 0) is 9.47 Å². The fourth-order valence-electron chi connectivity index (χ4n) is 2.82. The van der Waals surface area contributed by atoms with Crippen molar-refractivity contribution in [2.75, 3.05) is 33.4 Å². The second kappa shape index (κ2) is 10.9. The molecule has 0 bridgehead atoms. The lowest BCUT2D eigenvalue weighted by molar-refractivity contribution is -0.113. The van der Waals surface area contributed by atoms with Crippen molar-refractivity contribution in [2.45, 2.75) is 71.9 Å². The Kier molecular flexibility index (Phi) is 9.56. The van der Waals surface area contributed by atoms with E-state index in [0.29, 0.717) is 12.1 Å². The molecule has 0 saturated heterocycles. The van der Waals surface area contributed by atoms with Crippen molar-refractivity contribution in [3.05, 3.63) is 0 Å². The van der Waals surface area contributed by atoms with Gasteiger partial charge in [-0.3, -0.25) is 4.99 Å². The molecule has 2 N–H and O–H groups in total. The van der Waals surface area contributed by atoms with Crippen LogP contribution in [0.1, 0.15) is 59.8 Å². The van der Waals surface area contributed by atoms with Gasteiger partial charge in [-0.2, -0.15) is 0 Å². The molecule has 1 saturated carbocycles. The van der Waals surface area contributed by atoms with Crippen LogP contribution < -0.4 is 10.6 Å². The molecule has 1 aliphatic rings. The van der Waals surface area contributed by atoms with E-state index < -0.39 is 0 Å². The zero-order valence-corrected chi connectivity index (χ0v) is 15.8. The molecule has 0 heterocycles. The maximum atomic E-state index is 6.00. The molecule has 1 aliphatic carbocycles.